The Labute approximate surface area is 94.7 Å². The Morgan fingerprint density at radius 3 is 2.88 bits per heavy atom. The zero-order valence-electron chi connectivity index (χ0n) is 8.20. The fraction of sp³-hybridized carbons (Fsp3) is 0. The summed E-state index contributed by atoms with van der Waals surface area (Å²) in [6.45, 7) is 0. The van der Waals surface area contributed by atoms with Gasteiger partial charge in [0.2, 0.25) is 0 Å². The minimum Gasteiger partial charge on any atom is -0.382 e. The minimum absolute atomic E-state index is 0.201. The van der Waals surface area contributed by atoms with Crippen molar-refractivity contribution in [2.75, 3.05) is 5.73 Å². The number of hydrogen-bond donors (Lipinski definition) is 2. The van der Waals surface area contributed by atoms with Gasteiger partial charge in [-0.15, -0.1) is 11.3 Å². The number of halogens is 1. The monoisotopic (exact) mass is 233 g/mol. The van der Waals surface area contributed by atoms with Gasteiger partial charge >= 0.3 is 0 Å². The highest BCUT2D eigenvalue weighted by Gasteiger charge is 2.09. The van der Waals surface area contributed by atoms with Crippen molar-refractivity contribution in [1.29, 1.82) is 0 Å². The van der Waals surface area contributed by atoms with E-state index in [2.05, 4.69) is 10.2 Å². The minimum atomic E-state index is -0.201. The maximum atomic E-state index is 13.5. The third-order valence-electron chi connectivity index (χ3n) is 2.37. The molecule has 2 heterocycles. The number of benzene rings is 1. The molecule has 3 nitrogen and oxygen atoms in total. The van der Waals surface area contributed by atoms with E-state index in [0.29, 0.717) is 11.2 Å². The quantitative estimate of drug-likeness (QED) is 0.678. The second-order valence-corrected chi connectivity index (χ2v) is 4.55. The fourth-order valence-corrected chi connectivity index (χ4v) is 2.66. The topological polar surface area (TPSA) is 54.7 Å². The summed E-state index contributed by atoms with van der Waals surface area (Å²) in [5, 5.41) is 7.30. The molecule has 1 aromatic carbocycles. The highest BCUT2D eigenvalue weighted by Crippen LogP contribution is 2.34. The van der Waals surface area contributed by atoms with Gasteiger partial charge in [0.1, 0.15) is 11.6 Å². The van der Waals surface area contributed by atoms with Crippen molar-refractivity contribution >= 4 is 27.2 Å². The summed E-state index contributed by atoms with van der Waals surface area (Å²) in [4.78, 5) is 0.935. The molecule has 3 N–H and O–H groups in total. The summed E-state index contributed by atoms with van der Waals surface area (Å²) < 4.78 is 14.4. The third kappa shape index (κ3) is 1.37. The number of aromatic nitrogens is 2. The second kappa shape index (κ2) is 3.31. The number of nitrogens with two attached hydrogens (primary N) is 1. The summed E-state index contributed by atoms with van der Waals surface area (Å²) >= 11 is 1.51. The van der Waals surface area contributed by atoms with E-state index in [4.69, 9.17) is 5.73 Å². The number of hydrogen-bond acceptors (Lipinski definition) is 3. The third-order valence-corrected chi connectivity index (χ3v) is 3.50. The molecule has 0 aliphatic rings. The summed E-state index contributed by atoms with van der Waals surface area (Å²) in [5.74, 6) is 0.236. The molecular formula is C11H8FN3S. The predicted octanol–water partition coefficient (Wildman–Crippen LogP) is 3.01. The van der Waals surface area contributed by atoms with Crippen molar-refractivity contribution in [3.8, 4) is 10.6 Å². The predicted molar refractivity (Wildman–Crippen MR) is 63.8 cm³/mol. The van der Waals surface area contributed by atoms with E-state index in [0.717, 1.165) is 15.3 Å². The Morgan fingerprint density at radius 2 is 2.19 bits per heavy atom. The van der Waals surface area contributed by atoms with Crippen LogP contribution in [0.5, 0.6) is 0 Å². The lowest BCUT2D eigenvalue weighted by molar-refractivity contribution is 0.640. The first-order valence-electron chi connectivity index (χ1n) is 4.73. The van der Waals surface area contributed by atoms with Gasteiger partial charge in [-0.3, -0.25) is 5.10 Å². The second-order valence-electron chi connectivity index (χ2n) is 3.47. The van der Waals surface area contributed by atoms with Crippen LogP contribution in [-0.4, -0.2) is 10.2 Å². The van der Waals surface area contributed by atoms with Gasteiger partial charge in [0, 0.05) is 16.2 Å². The van der Waals surface area contributed by atoms with Crippen LogP contribution in [0.3, 0.4) is 0 Å². The highest BCUT2D eigenvalue weighted by atomic mass is 32.1. The zero-order valence-corrected chi connectivity index (χ0v) is 9.01. The van der Waals surface area contributed by atoms with Crippen molar-refractivity contribution < 1.29 is 4.39 Å². The van der Waals surface area contributed by atoms with Gasteiger partial charge in [0.25, 0.3) is 0 Å². The van der Waals surface area contributed by atoms with Crippen LogP contribution in [0.15, 0.2) is 30.3 Å². The molecule has 16 heavy (non-hydrogen) atoms. The fourth-order valence-electron chi connectivity index (χ4n) is 1.62. The number of fused-ring (bicyclic) bond motifs is 1. The average molecular weight is 233 g/mol. The van der Waals surface area contributed by atoms with Gasteiger partial charge in [0.05, 0.1) is 10.6 Å². The lowest BCUT2D eigenvalue weighted by atomic mass is 10.2. The Balaban J connectivity index is 2.22. The highest BCUT2D eigenvalue weighted by molar-refractivity contribution is 7.22. The molecule has 0 aliphatic carbocycles. The molecule has 0 bridgehead atoms. The van der Waals surface area contributed by atoms with Crippen LogP contribution < -0.4 is 5.73 Å². The Bertz CT molecular complexity index is 656. The molecule has 0 atom stereocenters. The van der Waals surface area contributed by atoms with Gasteiger partial charge in [-0.25, -0.2) is 4.39 Å². The van der Waals surface area contributed by atoms with E-state index in [9.17, 15) is 4.39 Å². The lowest BCUT2D eigenvalue weighted by Crippen LogP contribution is -1.81. The number of anilines is 1. The molecule has 0 aliphatic heterocycles. The number of nitrogens with one attached hydrogen (secondary N) is 1. The van der Waals surface area contributed by atoms with Gasteiger partial charge in [0.15, 0.2) is 0 Å². The zero-order chi connectivity index (χ0) is 11.1. The lowest BCUT2D eigenvalue weighted by Gasteiger charge is -1.88. The first-order valence-corrected chi connectivity index (χ1v) is 5.55. The van der Waals surface area contributed by atoms with Crippen LogP contribution in [0.25, 0.3) is 20.7 Å². The Morgan fingerprint density at radius 1 is 1.31 bits per heavy atom. The number of nitrogen functional groups attached to an aromatic ring is 1. The van der Waals surface area contributed by atoms with Crippen molar-refractivity contribution in [2.45, 2.75) is 0 Å². The molecule has 5 heteroatoms. The smallest absolute Gasteiger partial charge is 0.145 e. The molecule has 0 radical (unpaired) electrons. The Hall–Kier alpha value is -1.88. The van der Waals surface area contributed by atoms with E-state index in [1.807, 2.05) is 12.1 Å². The molecule has 0 unspecified atom stereocenters. The van der Waals surface area contributed by atoms with Gasteiger partial charge in [-0.2, -0.15) is 5.10 Å². The van der Waals surface area contributed by atoms with Crippen molar-refractivity contribution in [3.05, 3.63) is 36.1 Å². The normalized spacial score (nSPS) is 11.1. The molecular weight excluding hydrogens is 225 g/mol. The van der Waals surface area contributed by atoms with Crippen LogP contribution in [0, 0.1) is 5.82 Å². The summed E-state index contributed by atoms with van der Waals surface area (Å²) in [6.07, 6.45) is 0. The first-order chi connectivity index (χ1) is 7.74. The van der Waals surface area contributed by atoms with Crippen molar-refractivity contribution in [3.63, 3.8) is 0 Å². The molecule has 0 spiro atoms. The van der Waals surface area contributed by atoms with Gasteiger partial charge in [-0.05, 0) is 18.2 Å². The van der Waals surface area contributed by atoms with E-state index >= 15 is 0 Å². The van der Waals surface area contributed by atoms with Crippen molar-refractivity contribution in [2.24, 2.45) is 0 Å². The molecule has 2 aromatic heterocycles. The standard InChI is InChI=1S/C11H8FN3S/c12-7-2-1-3-9-6(7)4-10(16-9)8-5-11(13)15-14-8/h1-5H,(H3,13,14,15). The van der Waals surface area contributed by atoms with Crippen LogP contribution in [0.1, 0.15) is 0 Å². The van der Waals surface area contributed by atoms with E-state index < -0.39 is 0 Å². The summed E-state index contributed by atoms with van der Waals surface area (Å²) in [5.41, 5.74) is 6.35. The maximum absolute atomic E-state index is 13.5. The molecule has 3 aromatic rings. The SMILES string of the molecule is Nc1cc(-c2cc3c(F)cccc3s2)[nH]n1. The van der Waals surface area contributed by atoms with E-state index in [1.165, 1.54) is 17.4 Å². The maximum Gasteiger partial charge on any atom is 0.145 e. The average Bonchev–Trinajstić information content (AvgIpc) is 2.84. The molecule has 0 saturated carbocycles. The molecule has 0 fully saturated rings. The van der Waals surface area contributed by atoms with Crippen LogP contribution in [-0.2, 0) is 0 Å². The van der Waals surface area contributed by atoms with Crippen molar-refractivity contribution in [1.82, 2.24) is 10.2 Å². The van der Waals surface area contributed by atoms with Crippen LogP contribution in [0.2, 0.25) is 0 Å². The largest absolute Gasteiger partial charge is 0.382 e. The van der Waals surface area contributed by atoms with E-state index in [1.54, 1.807) is 12.1 Å². The molecule has 0 amide bonds. The Kier molecular flexibility index (Phi) is 1.94. The molecule has 3 rings (SSSR count). The number of thiophene rings is 1. The van der Waals surface area contributed by atoms with E-state index in [-0.39, 0.29) is 5.82 Å². The number of aromatic amines is 1. The number of H-pyrrole nitrogens is 1. The van der Waals surface area contributed by atoms with Crippen LogP contribution in [0.4, 0.5) is 10.2 Å². The van der Waals surface area contributed by atoms with Gasteiger partial charge < -0.3 is 5.73 Å². The number of nitrogens with zero attached hydrogens (tertiary/aromatic N) is 1. The first kappa shape index (κ1) is 9.35. The van der Waals surface area contributed by atoms with Crippen LogP contribution >= 0.6 is 11.3 Å². The number of rotatable bonds is 1. The molecule has 80 valence electrons. The van der Waals surface area contributed by atoms with Gasteiger partial charge in [-0.1, -0.05) is 6.07 Å². The summed E-state index contributed by atoms with van der Waals surface area (Å²) in [6, 6.07) is 8.61. The summed E-state index contributed by atoms with van der Waals surface area (Å²) in [7, 11) is 0. The molecule has 0 saturated heterocycles.